The Morgan fingerprint density at radius 1 is 0.929 bits per heavy atom. The molecule has 0 spiro atoms. The van der Waals surface area contributed by atoms with Crippen LogP contribution in [0.15, 0.2) is 53.4 Å². The molecule has 8 heteroatoms. The molecule has 0 radical (unpaired) electrons. The molecule has 0 saturated carbocycles. The van der Waals surface area contributed by atoms with Crippen LogP contribution in [0.5, 0.6) is 0 Å². The second-order valence-electron chi connectivity index (χ2n) is 6.72. The molecule has 0 bridgehead atoms. The molecule has 5 nitrogen and oxygen atoms in total. The van der Waals surface area contributed by atoms with Gasteiger partial charge in [-0.3, -0.25) is 0 Å². The maximum Gasteiger partial charge on any atom is 0.239 e. The van der Waals surface area contributed by atoms with Crippen molar-refractivity contribution in [3.05, 3.63) is 60.2 Å². The predicted octanol–water partition coefficient (Wildman–Crippen LogP) is 2.84. The van der Waals surface area contributed by atoms with Gasteiger partial charge < -0.3 is 10.2 Å². The van der Waals surface area contributed by atoms with E-state index in [1.54, 1.807) is 18.2 Å². The van der Waals surface area contributed by atoms with E-state index in [1.165, 1.54) is 6.07 Å². The third-order valence-electron chi connectivity index (χ3n) is 4.94. The first-order valence-electron chi connectivity index (χ1n) is 8.86. The van der Waals surface area contributed by atoms with Gasteiger partial charge in [0.2, 0.25) is 10.0 Å². The number of nitrogens with two attached hydrogens (primary N) is 1. The van der Waals surface area contributed by atoms with Gasteiger partial charge in [0.1, 0.15) is 11.6 Å². The van der Waals surface area contributed by atoms with Gasteiger partial charge in [0, 0.05) is 59.8 Å². The fraction of sp³-hybridized carbons (Fsp3) is 0.200. The molecule has 1 aliphatic heterocycles. The summed E-state index contributed by atoms with van der Waals surface area (Å²) in [7, 11) is -4.17. The van der Waals surface area contributed by atoms with E-state index in [-0.39, 0.29) is 16.0 Å². The van der Waals surface area contributed by atoms with Crippen molar-refractivity contribution in [2.24, 2.45) is 5.14 Å². The molecule has 146 valence electrons. The number of piperazine rings is 1. The fourth-order valence-corrected chi connectivity index (χ4v) is 4.67. The lowest BCUT2D eigenvalue weighted by Crippen LogP contribution is -2.43. The first-order valence-corrected chi connectivity index (χ1v) is 10.4. The number of nitrogens with one attached hydrogen (secondary N) is 1. The van der Waals surface area contributed by atoms with Crippen molar-refractivity contribution in [1.29, 1.82) is 0 Å². The zero-order valence-electron chi connectivity index (χ0n) is 15.0. The molecule has 3 aromatic carbocycles. The molecule has 0 aliphatic carbocycles. The molecular formula is C20H19F2N3O2S. The van der Waals surface area contributed by atoms with Crippen molar-refractivity contribution in [1.82, 2.24) is 5.32 Å². The van der Waals surface area contributed by atoms with E-state index >= 15 is 0 Å². The largest absolute Gasteiger partial charge is 0.368 e. The van der Waals surface area contributed by atoms with Crippen molar-refractivity contribution in [2.45, 2.75) is 4.90 Å². The highest BCUT2D eigenvalue weighted by Gasteiger charge is 2.25. The van der Waals surface area contributed by atoms with Gasteiger partial charge in [-0.05, 0) is 18.2 Å². The van der Waals surface area contributed by atoms with E-state index in [9.17, 15) is 17.2 Å². The first-order chi connectivity index (χ1) is 13.4. The Morgan fingerprint density at radius 3 is 2.25 bits per heavy atom. The number of sulfonamides is 1. The van der Waals surface area contributed by atoms with E-state index in [4.69, 9.17) is 5.14 Å². The van der Waals surface area contributed by atoms with Gasteiger partial charge in [-0.15, -0.1) is 0 Å². The summed E-state index contributed by atoms with van der Waals surface area (Å²) in [5, 5.41) is 9.93. The minimum atomic E-state index is -4.17. The Balaban J connectivity index is 2.10. The second kappa shape index (κ2) is 7.12. The average molecular weight is 403 g/mol. The standard InChI is InChI=1S/C20H19F2N3O2S/c21-13-5-6-14(18(22)11-13)17-12-19(25-9-7-24-8-10-25)15-3-1-2-4-16(15)20(17)28(23,26)27/h1-6,11-12,24H,7-10H2,(H2,23,26,27). The number of hydrogen-bond donors (Lipinski definition) is 2. The van der Waals surface area contributed by atoms with Gasteiger partial charge in [0.15, 0.2) is 0 Å². The van der Waals surface area contributed by atoms with Crippen LogP contribution in [0.3, 0.4) is 0 Å². The van der Waals surface area contributed by atoms with Crippen molar-refractivity contribution in [3.8, 4) is 11.1 Å². The zero-order chi connectivity index (χ0) is 19.9. The van der Waals surface area contributed by atoms with Gasteiger partial charge in [-0.25, -0.2) is 22.3 Å². The Bertz CT molecular complexity index is 1160. The summed E-state index contributed by atoms with van der Waals surface area (Å²) >= 11 is 0. The van der Waals surface area contributed by atoms with Crippen LogP contribution in [0, 0.1) is 11.6 Å². The van der Waals surface area contributed by atoms with Crippen LogP contribution < -0.4 is 15.4 Å². The lowest BCUT2D eigenvalue weighted by Gasteiger charge is -2.31. The third-order valence-corrected chi connectivity index (χ3v) is 5.95. The Kier molecular flexibility index (Phi) is 4.78. The SMILES string of the molecule is NS(=O)(=O)c1c(-c2ccc(F)cc2F)cc(N2CCNCC2)c2ccccc12. The highest BCUT2D eigenvalue weighted by molar-refractivity contribution is 7.89. The average Bonchev–Trinajstić information content (AvgIpc) is 2.66. The minimum Gasteiger partial charge on any atom is -0.368 e. The van der Waals surface area contributed by atoms with Gasteiger partial charge in [0.05, 0.1) is 4.90 Å². The molecule has 3 N–H and O–H groups in total. The summed E-state index contributed by atoms with van der Waals surface area (Å²) in [4.78, 5) is 1.96. The number of halogens is 2. The number of rotatable bonds is 3. The second-order valence-corrected chi connectivity index (χ2v) is 8.22. The number of primary sulfonamides is 1. The number of benzene rings is 3. The van der Waals surface area contributed by atoms with Crippen LogP contribution >= 0.6 is 0 Å². The quantitative estimate of drug-likeness (QED) is 0.705. The Labute approximate surface area is 161 Å². The van der Waals surface area contributed by atoms with Crippen molar-refractivity contribution >= 4 is 26.5 Å². The Hall–Kier alpha value is -2.55. The summed E-state index contributed by atoms with van der Waals surface area (Å²) in [5.41, 5.74) is 0.919. The highest BCUT2D eigenvalue weighted by atomic mass is 32.2. The third kappa shape index (κ3) is 3.34. The van der Waals surface area contributed by atoms with Gasteiger partial charge in [-0.2, -0.15) is 0 Å². The molecule has 0 amide bonds. The molecule has 0 aromatic heterocycles. The molecule has 1 heterocycles. The Morgan fingerprint density at radius 2 is 1.61 bits per heavy atom. The summed E-state index contributed by atoms with van der Waals surface area (Å²) in [5.74, 6) is -1.58. The predicted molar refractivity (Wildman–Crippen MR) is 106 cm³/mol. The molecular weight excluding hydrogens is 384 g/mol. The van der Waals surface area contributed by atoms with Crippen LogP contribution in [0.2, 0.25) is 0 Å². The lowest BCUT2D eigenvalue weighted by atomic mass is 9.98. The van der Waals surface area contributed by atoms with E-state index in [0.717, 1.165) is 49.4 Å². The van der Waals surface area contributed by atoms with Crippen LogP contribution in [0.25, 0.3) is 21.9 Å². The lowest BCUT2D eigenvalue weighted by molar-refractivity contribution is 0.585. The van der Waals surface area contributed by atoms with E-state index in [1.807, 2.05) is 12.1 Å². The molecule has 4 rings (SSSR count). The van der Waals surface area contributed by atoms with Gasteiger partial charge in [0.25, 0.3) is 0 Å². The smallest absolute Gasteiger partial charge is 0.239 e. The van der Waals surface area contributed by atoms with Crippen LogP contribution in [-0.4, -0.2) is 34.6 Å². The van der Waals surface area contributed by atoms with E-state index in [0.29, 0.717) is 5.39 Å². The van der Waals surface area contributed by atoms with Crippen LogP contribution in [0.1, 0.15) is 0 Å². The minimum absolute atomic E-state index is 0.00689. The van der Waals surface area contributed by atoms with Crippen molar-refractivity contribution in [3.63, 3.8) is 0 Å². The molecule has 0 unspecified atom stereocenters. The van der Waals surface area contributed by atoms with Crippen LogP contribution in [-0.2, 0) is 10.0 Å². The molecule has 0 atom stereocenters. The maximum absolute atomic E-state index is 14.6. The molecule has 3 aromatic rings. The summed E-state index contributed by atoms with van der Waals surface area (Å²) in [6, 6.07) is 11.7. The van der Waals surface area contributed by atoms with Gasteiger partial charge >= 0.3 is 0 Å². The number of fused-ring (bicyclic) bond motifs is 1. The number of nitrogens with zero attached hydrogens (tertiary/aromatic N) is 1. The fourth-order valence-electron chi connectivity index (χ4n) is 3.71. The monoisotopic (exact) mass is 403 g/mol. The molecule has 1 saturated heterocycles. The van der Waals surface area contributed by atoms with E-state index < -0.39 is 21.7 Å². The topological polar surface area (TPSA) is 75.4 Å². The molecule has 1 fully saturated rings. The van der Waals surface area contributed by atoms with Crippen molar-refractivity contribution in [2.75, 3.05) is 31.1 Å². The summed E-state index contributed by atoms with van der Waals surface area (Å²) in [6.45, 7) is 3.02. The van der Waals surface area contributed by atoms with E-state index in [2.05, 4.69) is 10.2 Å². The normalized spacial score (nSPS) is 15.2. The first kappa shape index (κ1) is 18.8. The summed E-state index contributed by atoms with van der Waals surface area (Å²) < 4.78 is 52.9. The number of anilines is 1. The number of hydrogen-bond acceptors (Lipinski definition) is 4. The zero-order valence-corrected chi connectivity index (χ0v) is 15.8. The molecule has 1 aliphatic rings. The maximum atomic E-state index is 14.6. The van der Waals surface area contributed by atoms with Crippen molar-refractivity contribution < 1.29 is 17.2 Å². The van der Waals surface area contributed by atoms with Gasteiger partial charge in [-0.1, -0.05) is 24.3 Å². The highest BCUT2D eigenvalue weighted by Crippen LogP contribution is 2.40. The molecule has 28 heavy (non-hydrogen) atoms. The summed E-state index contributed by atoms with van der Waals surface area (Å²) in [6.07, 6.45) is 0. The van der Waals surface area contributed by atoms with Crippen LogP contribution in [0.4, 0.5) is 14.5 Å².